The summed E-state index contributed by atoms with van der Waals surface area (Å²) in [6, 6.07) is 37.6. The Hall–Kier alpha value is -3.54. The van der Waals surface area contributed by atoms with Crippen LogP contribution in [-0.2, 0) is 0 Å². The van der Waals surface area contributed by atoms with Crippen LogP contribution in [0.1, 0.15) is 28.3 Å². The van der Waals surface area contributed by atoms with E-state index < -0.39 is 0 Å². The summed E-state index contributed by atoms with van der Waals surface area (Å²) in [6.45, 7) is 0. The first-order valence-corrected chi connectivity index (χ1v) is 11.1. The number of halogens is 1. The van der Waals surface area contributed by atoms with Crippen LogP contribution in [0.5, 0.6) is 0 Å². The molecule has 4 aromatic rings. The zero-order chi connectivity index (χ0) is 21.0. The van der Waals surface area contributed by atoms with Gasteiger partial charge in [-0.15, -0.1) is 0 Å². The fraction of sp³-hybridized carbons (Fsp3) is 0.0345. The molecular weight excluding hydrogens is 442 g/mol. The van der Waals surface area contributed by atoms with Gasteiger partial charge in [-0.1, -0.05) is 101 Å². The summed E-state index contributed by atoms with van der Waals surface area (Å²) >= 11 is 3.57. The minimum absolute atomic E-state index is 0.0993. The number of benzene rings is 4. The maximum atomic E-state index is 3.58. The first-order chi connectivity index (χ1) is 15.3. The van der Waals surface area contributed by atoms with Crippen LogP contribution < -0.4 is 4.90 Å². The van der Waals surface area contributed by atoms with Crippen molar-refractivity contribution in [3.8, 4) is 11.8 Å². The minimum Gasteiger partial charge on any atom is -0.322 e. The van der Waals surface area contributed by atoms with E-state index in [2.05, 4.69) is 130 Å². The quantitative estimate of drug-likeness (QED) is 0.278. The van der Waals surface area contributed by atoms with Crippen LogP contribution in [0.25, 0.3) is 11.8 Å². The van der Waals surface area contributed by atoms with Crippen molar-refractivity contribution in [1.29, 1.82) is 0 Å². The van der Waals surface area contributed by atoms with E-state index in [1.54, 1.807) is 0 Å². The van der Waals surface area contributed by atoms with Gasteiger partial charge in [0.2, 0.25) is 0 Å². The second kappa shape index (κ2) is 8.68. The molecule has 0 bridgehead atoms. The van der Waals surface area contributed by atoms with Crippen molar-refractivity contribution in [2.24, 2.45) is 0 Å². The van der Waals surface area contributed by atoms with Crippen molar-refractivity contribution in [1.82, 2.24) is 0 Å². The smallest absolute Gasteiger partial charge is 0.121 e. The maximum Gasteiger partial charge on any atom is 0.121 e. The van der Waals surface area contributed by atoms with Gasteiger partial charge in [-0.05, 0) is 59.2 Å². The molecule has 1 nitrogen and oxygen atoms in total. The summed E-state index contributed by atoms with van der Waals surface area (Å²) < 4.78 is 1.06. The normalized spacial score (nSPS) is 14.8. The Bertz CT molecular complexity index is 1280. The molecule has 1 aliphatic rings. The Balaban J connectivity index is 1.72. The lowest BCUT2D eigenvalue weighted by molar-refractivity contribution is 0.873. The minimum atomic E-state index is -0.0993. The molecule has 0 aromatic heterocycles. The highest BCUT2D eigenvalue weighted by atomic mass is 79.9. The predicted molar refractivity (Wildman–Crippen MR) is 133 cm³/mol. The van der Waals surface area contributed by atoms with Crippen LogP contribution in [0, 0.1) is 11.8 Å². The first-order valence-electron chi connectivity index (χ1n) is 10.3. The second-order valence-electron chi connectivity index (χ2n) is 7.41. The van der Waals surface area contributed by atoms with Gasteiger partial charge in [-0.3, -0.25) is 0 Å². The van der Waals surface area contributed by atoms with Gasteiger partial charge in [-0.2, -0.15) is 0 Å². The largest absolute Gasteiger partial charge is 0.322 e. The van der Waals surface area contributed by atoms with Gasteiger partial charge in [0.05, 0.1) is 5.70 Å². The van der Waals surface area contributed by atoms with E-state index in [-0.39, 0.29) is 6.04 Å². The van der Waals surface area contributed by atoms with Crippen LogP contribution in [0.15, 0.2) is 114 Å². The first kappa shape index (κ1) is 19.4. The zero-order valence-corrected chi connectivity index (χ0v) is 18.5. The summed E-state index contributed by atoms with van der Waals surface area (Å²) in [5.41, 5.74) is 6.88. The predicted octanol–water partition coefficient (Wildman–Crippen LogP) is 7.56. The third-order valence-corrected chi connectivity index (χ3v) is 5.93. The SMILES string of the molecule is Brc1ccc(N2C(c3ccccc3)=Cc3ccccc3C2C#Cc2ccccc2)cc1. The molecule has 1 atom stereocenters. The number of anilines is 1. The van der Waals surface area contributed by atoms with Crippen molar-refractivity contribution < 1.29 is 0 Å². The van der Waals surface area contributed by atoms with E-state index in [0.29, 0.717) is 0 Å². The molecule has 0 N–H and O–H groups in total. The fourth-order valence-corrected chi connectivity index (χ4v) is 4.19. The standard InChI is InChI=1S/C29H20BrN/c30-25-16-18-26(19-17-25)31-28(20-15-22-9-3-1-4-10-22)27-14-8-7-13-24(27)21-29(31)23-11-5-2-6-12-23/h1-14,16-19,21,28H. The molecule has 148 valence electrons. The van der Waals surface area contributed by atoms with E-state index in [9.17, 15) is 0 Å². The molecule has 5 rings (SSSR count). The molecule has 0 amide bonds. The lowest BCUT2D eigenvalue weighted by Crippen LogP contribution is -2.29. The third-order valence-electron chi connectivity index (χ3n) is 5.40. The molecular formula is C29H20BrN. The van der Waals surface area contributed by atoms with Gasteiger partial charge in [0.25, 0.3) is 0 Å². The number of nitrogens with zero attached hydrogens (tertiary/aromatic N) is 1. The lowest BCUT2D eigenvalue weighted by atomic mass is 9.91. The van der Waals surface area contributed by atoms with Gasteiger partial charge in [-0.25, -0.2) is 0 Å². The molecule has 0 saturated carbocycles. The van der Waals surface area contributed by atoms with E-state index in [0.717, 1.165) is 21.4 Å². The number of hydrogen-bond acceptors (Lipinski definition) is 1. The highest BCUT2D eigenvalue weighted by Gasteiger charge is 2.29. The van der Waals surface area contributed by atoms with Crippen molar-refractivity contribution >= 4 is 33.4 Å². The van der Waals surface area contributed by atoms with Crippen LogP contribution in [0.2, 0.25) is 0 Å². The summed E-state index contributed by atoms with van der Waals surface area (Å²) in [5, 5.41) is 0. The summed E-state index contributed by atoms with van der Waals surface area (Å²) in [5.74, 6) is 6.99. The Morgan fingerprint density at radius 2 is 1.32 bits per heavy atom. The van der Waals surface area contributed by atoms with Gasteiger partial charge < -0.3 is 4.90 Å². The lowest BCUT2D eigenvalue weighted by Gasteiger charge is -2.37. The topological polar surface area (TPSA) is 3.24 Å². The summed E-state index contributed by atoms with van der Waals surface area (Å²) in [7, 11) is 0. The average molecular weight is 462 g/mol. The monoisotopic (exact) mass is 461 g/mol. The average Bonchev–Trinajstić information content (AvgIpc) is 2.84. The van der Waals surface area contributed by atoms with Gasteiger partial charge in [0.15, 0.2) is 0 Å². The van der Waals surface area contributed by atoms with Crippen molar-refractivity contribution in [3.05, 3.63) is 136 Å². The maximum absolute atomic E-state index is 3.58. The Morgan fingerprint density at radius 1 is 0.677 bits per heavy atom. The third kappa shape index (κ3) is 4.06. The molecule has 1 heterocycles. The Kier molecular flexibility index (Phi) is 5.44. The Morgan fingerprint density at radius 3 is 2.06 bits per heavy atom. The van der Waals surface area contributed by atoms with Crippen molar-refractivity contribution in [2.45, 2.75) is 6.04 Å². The molecule has 1 aliphatic heterocycles. The van der Waals surface area contributed by atoms with Gasteiger partial charge in [0, 0.05) is 15.7 Å². The van der Waals surface area contributed by atoms with E-state index in [1.807, 2.05) is 18.2 Å². The molecule has 0 radical (unpaired) electrons. The summed E-state index contributed by atoms with van der Waals surface area (Å²) in [4.78, 5) is 2.35. The van der Waals surface area contributed by atoms with Crippen LogP contribution in [-0.4, -0.2) is 0 Å². The Labute approximate surface area is 191 Å². The van der Waals surface area contributed by atoms with Crippen LogP contribution in [0.4, 0.5) is 5.69 Å². The number of rotatable bonds is 2. The molecule has 0 fully saturated rings. The van der Waals surface area contributed by atoms with E-state index in [4.69, 9.17) is 0 Å². The molecule has 1 unspecified atom stereocenters. The van der Waals surface area contributed by atoms with Gasteiger partial charge >= 0.3 is 0 Å². The van der Waals surface area contributed by atoms with Gasteiger partial charge in [0.1, 0.15) is 6.04 Å². The molecule has 4 aromatic carbocycles. The molecule has 31 heavy (non-hydrogen) atoms. The van der Waals surface area contributed by atoms with Crippen molar-refractivity contribution in [2.75, 3.05) is 4.90 Å². The summed E-state index contributed by atoms with van der Waals surface area (Å²) in [6.07, 6.45) is 2.27. The molecule has 0 spiro atoms. The fourth-order valence-electron chi connectivity index (χ4n) is 3.92. The van der Waals surface area contributed by atoms with E-state index in [1.165, 1.54) is 16.7 Å². The zero-order valence-electron chi connectivity index (χ0n) is 16.9. The number of fused-ring (bicyclic) bond motifs is 1. The molecule has 0 aliphatic carbocycles. The van der Waals surface area contributed by atoms with Crippen LogP contribution in [0.3, 0.4) is 0 Å². The second-order valence-corrected chi connectivity index (χ2v) is 8.32. The van der Waals surface area contributed by atoms with Crippen LogP contribution >= 0.6 is 15.9 Å². The van der Waals surface area contributed by atoms with E-state index >= 15 is 0 Å². The number of hydrogen-bond donors (Lipinski definition) is 0. The van der Waals surface area contributed by atoms with Crippen molar-refractivity contribution in [3.63, 3.8) is 0 Å². The molecule has 2 heteroatoms. The molecule has 0 saturated heterocycles. The highest BCUT2D eigenvalue weighted by Crippen LogP contribution is 2.41. The highest BCUT2D eigenvalue weighted by molar-refractivity contribution is 9.10.